The number of nitrogen functional groups attached to an aromatic ring is 1. The third-order valence-corrected chi connectivity index (χ3v) is 3.67. The largest absolute Gasteiger partial charge is 0.355 e. The van der Waals surface area contributed by atoms with Crippen molar-refractivity contribution in [3.8, 4) is 0 Å². The average molecular weight is 285 g/mol. The molecule has 0 saturated carbocycles. The highest BCUT2D eigenvalue weighted by atomic mass is 16.2. The molecule has 21 heavy (non-hydrogen) atoms. The van der Waals surface area contributed by atoms with Crippen LogP contribution in [0, 0.1) is 0 Å². The van der Waals surface area contributed by atoms with Gasteiger partial charge < -0.3 is 10.7 Å². The molecule has 0 radical (unpaired) electrons. The molecule has 1 aliphatic rings. The van der Waals surface area contributed by atoms with Gasteiger partial charge in [0.2, 0.25) is 5.91 Å². The third-order valence-electron chi connectivity index (χ3n) is 3.67. The van der Waals surface area contributed by atoms with E-state index in [0.29, 0.717) is 18.9 Å². The van der Waals surface area contributed by atoms with Gasteiger partial charge in [0.05, 0.1) is 12.1 Å². The number of fused-ring (bicyclic) bond motifs is 1. The molecule has 3 rings (SSSR count). The Morgan fingerprint density at radius 3 is 3.10 bits per heavy atom. The molecular weight excluding hydrogens is 266 g/mol. The molecule has 1 amide bonds. The van der Waals surface area contributed by atoms with Crippen LogP contribution in [-0.4, -0.2) is 35.4 Å². The van der Waals surface area contributed by atoms with E-state index in [2.05, 4.69) is 26.7 Å². The van der Waals surface area contributed by atoms with E-state index in [9.17, 15) is 4.79 Å². The molecule has 2 heterocycles. The van der Waals surface area contributed by atoms with E-state index in [1.54, 1.807) is 0 Å². The molecule has 0 unspecified atom stereocenters. The number of aromatic nitrogens is 1. The minimum absolute atomic E-state index is 0.0727. The zero-order chi connectivity index (χ0) is 14.7. The van der Waals surface area contributed by atoms with Crippen molar-refractivity contribution in [3.05, 3.63) is 35.9 Å². The lowest BCUT2D eigenvalue weighted by Crippen LogP contribution is -2.33. The Labute approximate surface area is 123 Å². The van der Waals surface area contributed by atoms with Crippen molar-refractivity contribution in [2.45, 2.75) is 13.0 Å². The number of hydrogen-bond acceptors (Lipinski definition) is 5. The zero-order valence-electron chi connectivity index (χ0n) is 11.8. The second-order valence-electron chi connectivity index (χ2n) is 5.25. The molecule has 6 nitrogen and oxygen atoms in total. The van der Waals surface area contributed by atoms with Crippen molar-refractivity contribution in [3.63, 3.8) is 0 Å². The van der Waals surface area contributed by atoms with Crippen LogP contribution >= 0.6 is 0 Å². The molecule has 4 N–H and O–H groups in total. The molecule has 0 aliphatic carbocycles. The summed E-state index contributed by atoms with van der Waals surface area (Å²) in [6, 6.07) is 10.0. The van der Waals surface area contributed by atoms with E-state index >= 15 is 0 Å². The smallest absolute Gasteiger partial charge is 0.234 e. The molecule has 0 spiro atoms. The Morgan fingerprint density at radius 2 is 2.24 bits per heavy atom. The van der Waals surface area contributed by atoms with E-state index in [1.807, 2.05) is 24.3 Å². The molecule has 1 fully saturated rings. The Balaban J connectivity index is 1.89. The van der Waals surface area contributed by atoms with Gasteiger partial charge in [-0.1, -0.05) is 18.2 Å². The summed E-state index contributed by atoms with van der Waals surface area (Å²) >= 11 is 0. The lowest BCUT2D eigenvalue weighted by atomic mass is 10.1. The van der Waals surface area contributed by atoms with Crippen LogP contribution < -0.4 is 16.6 Å². The highest BCUT2D eigenvalue weighted by Gasteiger charge is 2.16. The van der Waals surface area contributed by atoms with E-state index in [0.717, 1.165) is 36.0 Å². The topological polar surface area (TPSA) is 83.3 Å². The number of hydrazine groups is 1. The number of amides is 1. The summed E-state index contributed by atoms with van der Waals surface area (Å²) in [7, 11) is 0. The van der Waals surface area contributed by atoms with Gasteiger partial charge in [-0.25, -0.2) is 10.8 Å². The van der Waals surface area contributed by atoms with E-state index in [-0.39, 0.29) is 5.91 Å². The van der Waals surface area contributed by atoms with Gasteiger partial charge in [0.15, 0.2) is 0 Å². The summed E-state index contributed by atoms with van der Waals surface area (Å²) in [5.41, 5.74) is 4.58. The summed E-state index contributed by atoms with van der Waals surface area (Å²) in [6.45, 7) is 2.70. The first-order valence-electron chi connectivity index (χ1n) is 7.10. The monoisotopic (exact) mass is 285 g/mol. The number of anilines is 1. The minimum Gasteiger partial charge on any atom is -0.355 e. The van der Waals surface area contributed by atoms with E-state index in [4.69, 9.17) is 5.84 Å². The third kappa shape index (κ3) is 3.12. The summed E-state index contributed by atoms with van der Waals surface area (Å²) < 4.78 is 0. The maximum absolute atomic E-state index is 11.6. The first-order chi connectivity index (χ1) is 10.3. The summed E-state index contributed by atoms with van der Waals surface area (Å²) in [5.74, 6) is 6.33. The number of nitrogens with one attached hydrogen (secondary N) is 2. The van der Waals surface area contributed by atoms with Crippen LogP contribution in [0.1, 0.15) is 12.0 Å². The zero-order valence-corrected chi connectivity index (χ0v) is 11.8. The summed E-state index contributed by atoms with van der Waals surface area (Å²) in [6.07, 6.45) is 0.956. The van der Waals surface area contributed by atoms with Crippen LogP contribution in [0.25, 0.3) is 10.9 Å². The van der Waals surface area contributed by atoms with Crippen LogP contribution in [-0.2, 0) is 11.3 Å². The number of para-hydroxylation sites is 1. The standard InChI is InChI=1S/C15H19N5O/c16-19-15-12(8-11-4-1-2-5-13(11)18-15)9-20-7-3-6-17-14(21)10-20/h1-2,4-5,8H,3,6-7,9-10,16H2,(H,17,21)(H,18,19). The minimum atomic E-state index is 0.0727. The Kier molecular flexibility index (Phi) is 3.98. The fraction of sp³-hybridized carbons (Fsp3) is 0.333. The Bertz CT molecular complexity index is 658. The van der Waals surface area contributed by atoms with Crippen LogP contribution in [0.5, 0.6) is 0 Å². The lowest BCUT2D eigenvalue weighted by Gasteiger charge is -2.20. The molecule has 2 aromatic rings. The maximum atomic E-state index is 11.6. The van der Waals surface area contributed by atoms with Crippen molar-refractivity contribution in [2.75, 3.05) is 25.1 Å². The fourth-order valence-corrected chi connectivity index (χ4v) is 2.65. The number of rotatable bonds is 3. The van der Waals surface area contributed by atoms with Crippen LogP contribution in [0.4, 0.5) is 5.82 Å². The molecule has 1 aromatic carbocycles. The van der Waals surface area contributed by atoms with Gasteiger partial charge in [0.1, 0.15) is 5.82 Å². The molecule has 1 aliphatic heterocycles. The second-order valence-corrected chi connectivity index (χ2v) is 5.25. The van der Waals surface area contributed by atoms with Gasteiger partial charge in [0, 0.05) is 30.6 Å². The average Bonchev–Trinajstić information content (AvgIpc) is 2.70. The van der Waals surface area contributed by atoms with Crippen molar-refractivity contribution in [1.82, 2.24) is 15.2 Å². The van der Waals surface area contributed by atoms with Crippen molar-refractivity contribution in [1.29, 1.82) is 0 Å². The predicted molar refractivity (Wildman–Crippen MR) is 82.5 cm³/mol. The molecule has 1 saturated heterocycles. The number of carbonyl (C=O) groups excluding carboxylic acids is 1. The quantitative estimate of drug-likeness (QED) is 0.575. The molecule has 110 valence electrons. The van der Waals surface area contributed by atoms with Gasteiger partial charge in [0.25, 0.3) is 0 Å². The SMILES string of the molecule is NNc1nc2ccccc2cc1CN1CCCNC(=O)C1. The van der Waals surface area contributed by atoms with E-state index < -0.39 is 0 Å². The maximum Gasteiger partial charge on any atom is 0.234 e. The predicted octanol–water partition coefficient (Wildman–Crippen LogP) is 0.842. The first-order valence-corrected chi connectivity index (χ1v) is 7.10. The number of benzene rings is 1. The molecule has 0 atom stereocenters. The van der Waals surface area contributed by atoms with Gasteiger partial charge in [-0.05, 0) is 18.6 Å². The van der Waals surface area contributed by atoms with Gasteiger partial charge >= 0.3 is 0 Å². The van der Waals surface area contributed by atoms with Crippen LogP contribution in [0.15, 0.2) is 30.3 Å². The highest BCUT2D eigenvalue weighted by molar-refractivity contribution is 5.81. The Morgan fingerprint density at radius 1 is 1.38 bits per heavy atom. The molecule has 1 aromatic heterocycles. The second kappa shape index (κ2) is 6.07. The van der Waals surface area contributed by atoms with Crippen LogP contribution in [0.2, 0.25) is 0 Å². The first kappa shape index (κ1) is 13.8. The number of pyridine rings is 1. The molecular formula is C15H19N5O. The van der Waals surface area contributed by atoms with E-state index in [1.165, 1.54) is 0 Å². The van der Waals surface area contributed by atoms with Crippen LogP contribution in [0.3, 0.4) is 0 Å². The molecule has 0 bridgehead atoms. The number of nitrogens with zero attached hydrogens (tertiary/aromatic N) is 2. The van der Waals surface area contributed by atoms with Crippen molar-refractivity contribution >= 4 is 22.6 Å². The van der Waals surface area contributed by atoms with Crippen molar-refractivity contribution < 1.29 is 4.79 Å². The van der Waals surface area contributed by atoms with Crippen molar-refractivity contribution in [2.24, 2.45) is 5.84 Å². The highest BCUT2D eigenvalue weighted by Crippen LogP contribution is 2.21. The fourth-order valence-electron chi connectivity index (χ4n) is 2.65. The van der Waals surface area contributed by atoms with Gasteiger partial charge in [-0.15, -0.1) is 0 Å². The number of hydrogen-bond donors (Lipinski definition) is 3. The lowest BCUT2D eigenvalue weighted by molar-refractivity contribution is -0.121. The normalized spacial score (nSPS) is 16.5. The summed E-state index contributed by atoms with van der Waals surface area (Å²) in [5, 5.41) is 3.96. The van der Waals surface area contributed by atoms with Gasteiger partial charge in [-0.3, -0.25) is 9.69 Å². The molecule has 6 heteroatoms. The number of carbonyl (C=O) groups is 1. The Hall–Kier alpha value is -2.18. The summed E-state index contributed by atoms with van der Waals surface area (Å²) in [4.78, 5) is 18.3. The van der Waals surface area contributed by atoms with Gasteiger partial charge in [-0.2, -0.15) is 0 Å². The number of nitrogens with two attached hydrogens (primary N) is 1.